The van der Waals surface area contributed by atoms with Crippen LogP contribution in [0.1, 0.15) is 13.3 Å². The number of nitrogens with zero attached hydrogens (tertiary/aromatic N) is 2. The SMILES string of the molecule is CN=C(NCCNS(=O)(=O)c1cccnc1)NC(C)CCS(C)(=O)=O.I. The normalized spacial score (nSPS) is 13.6. The number of sulfonamides is 1. The minimum absolute atomic E-state index is 0. The van der Waals surface area contributed by atoms with Gasteiger partial charge in [0.1, 0.15) is 14.7 Å². The molecule has 1 aromatic rings. The molecule has 0 aliphatic heterocycles. The average Bonchev–Trinajstić information content (AvgIpc) is 2.56. The van der Waals surface area contributed by atoms with E-state index in [0.717, 1.165) is 0 Å². The molecule has 0 aliphatic carbocycles. The molecule has 1 atom stereocenters. The lowest BCUT2D eigenvalue weighted by Crippen LogP contribution is -2.45. The molecule has 0 aliphatic rings. The van der Waals surface area contributed by atoms with Crippen molar-refractivity contribution in [1.82, 2.24) is 20.3 Å². The predicted octanol–water partition coefficient (Wildman–Crippen LogP) is -0.0339. The first-order valence-electron chi connectivity index (χ1n) is 7.68. The van der Waals surface area contributed by atoms with Gasteiger partial charge in [0.2, 0.25) is 10.0 Å². The van der Waals surface area contributed by atoms with Crippen LogP contribution in [0.2, 0.25) is 0 Å². The minimum Gasteiger partial charge on any atom is -0.355 e. The summed E-state index contributed by atoms with van der Waals surface area (Å²) in [6.07, 6.45) is 4.43. The van der Waals surface area contributed by atoms with Gasteiger partial charge in [-0.3, -0.25) is 9.98 Å². The van der Waals surface area contributed by atoms with Crippen LogP contribution in [0, 0.1) is 0 Å². The number of pyridine rings is 1. The van der Waals surface area contributed by atoms with Gasteiger partial charge in [0.05, 0.1) is 5.75 Å². The molecule has 1 heterocycles. The fourth-order valence-corrected chi connectivity index (χ4v) is 3.62. The summed E-state index contributed by atoms with van der Waals surface area (Å²) in [7, 11) is -5.02. The molecule has 1 aromatic heterocycles. The number of rotatable bonds is 9. The van der Waals surface area contributed by atoms with Crippen molar-refractivity contribution in [3.8, 4) is 0 Å². The Hall–Kier alpha value is -0.990. The van der Waals surface area contributed by atoms with Gasteiger partial charge >= 0.3 is 0 Å². The van der Waals surface area contributed by atoms with Gasteiger partial charge in [-0.15, -0.1) is 24.0 Å². The molecule has 26 heavy (non-hydrogen) atoms. The van der Waals surface area contributed by atoms with E-state index in [2.05, 4.69) is 25.3 Å². The lowest BCUT2D eigenvalue weighted by Gasteiger charge is -2.17. The Balaban J connectivity index is 0.00000625. The number of aliphatic imine (C=N–C) groups is 1. The third-order valence-electron chi connectivity index (χ3n) is 3.18. The molecule has 150 valence electrons. The first-order valence-corrected chi connectivity index (χ1v) is 11.2. The number of aromatic nitrogens is 1. The van der Waals surface area contributed by atoms with E-state index < -0.39 is 19.9 Å². The van der Waals surface area contributed by atoms with E-state index in [1.165, 1.54) is 24.7 Å². The first-order chi connectivity index (χ1) is 11.6. The highest BCUT2D eigenvalue weighted by molar-refractivity contribution is 14.0. The second-order valence-electron chi connectivity index (χ2n) is 5.55. The van der Waals surface area contributed by atoms with Gasteiger partial charge in [-0.05, 0) is 25.5 Å². The number of hydrogen-bond donors (Lipinski definition) is 3. The van der Waals surface area contributed by atoms with E-state index in [1.54, 1.807) is 13.1 Å². The van der Waals surface area contributed by atoms with Gasteiger partial charge in [0.15, 0.2) is 5.96 Å². The third kappa shape index (κ3) is 10.2. The summed E-state index contributed by atoms with van der Waals surface area (Å²) in [6.45, 7) is 2.33. The summed E-state index contributed by atoms with van der Waals surface area (Å²) in [5, 5.41) is 6.02. The third-order valence-corrected chi connectivity index (χ3v) is 5.61. The molecule has 12 heteroatoms. The summed E-state index contributed by atoms with van der Waals surface area (Å²) in [5.41, 5.74) is 0. The largest absolute Gasteiger partial charge is 0.355 e. The van der Waals surface area contributed by atoms with E-state index in [4.69, 9.17) is 0 Å². The van der Waals surface area contributed by atoms with E-state index in [1.807, 2.05) is 6.92 Å². The molecule has 1 rings (SSSR count). The van der Waals surface area contributed by atoms with Crippen LogP contribution in [-0.4, -0.2) is 66.0 Å². The van der Waals surface area contributed by atoms with Gasteiger partial charge in [0.25, 0.3) is 0 Å². The van der Waals surface area contributed by atoms with Crippen molar-refractivity contribution >= 4 is 49.8 Å². The van der Waals surface area contributed by atoms with E-state index >= 15 is 0 Å². The second kappa shape index (κ2) is 11.7. The number of guanidine groups is 1. The lowest BCUT2D eigenvalue weighted by molar-refractivity contribution is 0.577. The summed E-state index contributed by atoms with van der Waals surface area (Å²) in [5.74, 6) is 0.560. The summed E-state index contributed by atoms with van der Waals surface area (Å²) < 4.78 is 48.8. The predicted molar refractivity (Wildman–Crippen MR) is 113 cm³/mol. The van der Waals surface area contributed by atoms with Gasteiger partial charge < -0.3 is 10.6 Å². The van der Waals surface area contributed by atoms with Crippen LogP contribution in [0.25, 0.3) is 0 Å². The quantitative estimate of drug-likeness (QED) is 0.181. The summed E-state index contributed by atoms with van der Waals surface area (Å²) in [6, 6.07) is 2.93. The van der Waals surface area contributed by atoms with Crippen LogP contribution in [0.3, 0.4) is 0 Å². The van der Waals surface area contributed by atoms with Crippen molar-refractivity contribution in [1.29, 1.82) is 0 Å². The van der Waals surface area contributed by atoms with Crippen LogP contribution < -0.4 is 15.4 Å². The molecular formula is C14H26IN5O4S2. The fourth-order valence-electron chi connectivity index (χ4n) is 1.85. The molecule has 0 amide bonds. The molecule has 0 fully saturated rings. The maximum absolute atomic E-state index is 12.0. The minimum atomic E-state index is -3.59. The zero-order valence-corrected chi connectivity index (χ0v) is 18.9. The van der Waals surface area contributed by atoms with E-state index in [-0.39, 0.29) is 47.2 Å². The number of nitrogens with one attached hydrogen (secondary N) is 3. The molecule has 0 radical (unpaired) electrons. The van der Waals surface area contributed by atoms with Crippen molar-refractivity contribution in [3.63, 3.8) is 0 Å². The Morgan fingerprint density at radius 3 is 2.50 bits per heavy atom. The number of sulfone groups is 1. The maximum Gasteiger partial charge on any atom is 0.242 e. The van der Waals surface area contributed by atoms with Gasteiger partial charge in [-0.2, -0.15) is 0 Å². The van der Waals surface area contributed by atoms with Crippen LogP contribution in [0.4, 0.5) is 0 Å². The monoisotopic (exact) mass is 519 g/mol. The number of halogens is 1. The Labute approximate surface area is 172 Å². The van der Waals surface area contributed by atoms with Gasteiger partial charge in [-0.25, -0.2) is 21.6 Å². The Kier molecular flexibility index (Phi) is 11.2. The van der Waals surface area contributed by atoms with Crippen molar-refractivity contribution in [3.05, 3.63) is 24.5 Å². The topological polar surface area (TPSA) is 130 Å². The summed E-state index contributed by atoms with van der Waals surface area (Å²) in [4.78, 5) is 7.91. The van der Waals surface area contributed by atoms with Crippen molar-refractivity contribution in [2.24, 2.45) is 4.99 Å². The second-order valence-corrected chi connectivity index (χ2v) is 9.58. The fraction of sp³-hybridized carbons (Fsp3) is 0.571. The van der Waals surface area contributed by atoms with E-state index in [9.17, 15) is 16.8 Å². The molecule has 0 saturated carbocycles. The molecule has 0 aromatic carbocycles. The highest BCUT2D eigenvalue weighted by atomic mass is 127. The lowest BCUT2D eigenvalue weighted by atomic mass is 10.3. The van der Waals surface area contributed by atoms with Crippen LogP contribution in [0.5, 0.6) is 0 Å². The zero-order chi connectivity index (χ0) is 18.9. The molecule has 0 bridgehead atoms. The van der Waals surface area contributed by atoms with Crippen LogP contribution in [-0.2, 0) is 19.9 Å². The van der Waals surface area contributed by atoms with E-state index in [0.29, 0.717) is 18.9 Å². The van der Waals surface area contributed by atoms with Crippen LogP contribution >= 0.6 is 24.0 Å². The molecule has 0 spiro atoms. The average molecular weight is 519 g/mol. The van der Waals surface area contributed by atoms with Crippen molar-refractivity contribution < 1.29 is 16.8 Å². The molecule has 3 N–H and O–H groups in total. The smallest absolute Gasteiger partial charge is 0.242 e. The standard InChI is InChI=1S/C14H25N5O4S2.HI/c1-12(6-10-24(3,20)21)19-14(15-2)17-8-9-18-25(22,23)13-5-4-7-16-11-13;/h4-5,7,11-12,18H,6,8-10H2,1-3H3,(H2,15,17,19);1H. The first kappa shape index (κ1) is 25.0. The van der Waals surface area contributed by atoms with Crippen molar-refractivity contribution in [2.75, 3.05) is 32.1 Å². The Bertz CT molecular complexity index is 770. The number of hydrogen-bond acceptors (Lipinski definition) is 6. The highest BCUT2D eigenvalue weighted by Gasteiger charge is 2.13. The van der Waals surface area contributed by atoms with Gasteiger partial charge in [-0.1, -0.05) is 0 Å². The van der Waals surface area contributed by atoms with Gasteiger partial charge in [0, 0.05) is 44.8 Å². The molecular weight excluding hydrogens is 493 g/mol. The molecule has 0 saturated heterocycles. The summed E-state index contributed by atoms with van der Waals surface area (Å²) >= 11 is 0. The van der Waals surface area contributed by atoms with Crippen molar-refractivity contribution in [2.45, 2.75) is 24.3 Å². The maximum atomic E-state index is 12.0. The Morgan fingerprint density at radius 2 is 1.96 bits per heavy atom. The van der Waals surface area contributed by atoms with Crippen LogP contribution in [0.15, 0.2) is 34.4 Å². The Morgan fingerprint density at radius 1 is 1.27 bits per heavy atom. The highest BCUT2D eigenvalue weighted by Crippen LogP contribution is 2.04. The molecule has 9 nitrogen and oxygen atoms in total. The zero-order valence-electron chi connectivity index (χ0n) is 15.0. The molecule has 1 unspecified atom stereocenters.